The summed E-state index contributed by atoms with van der Waals surface area (Å²) >= 11 is 2.22. The molecule has 3 aromatic rings. The van der Waals surface area contributed by atoms with E-state index >= 15 is 0 Å². The Balaban J connectivity index is 1.59. The molecular weight excluding hydrogens is 389 g/mol. The van der Waals surface area contributed by atoms with E-state index in [1.807, 2.05) is 47.0 Å². The van der Waals surface area contributed by atoms with E-state index in [-0.39, 0.29) is 5.91 Å². The van der Waals surface area contributed by atoms with E-state index in [2.05, 4.69) is 46.0 Å². The molecule has 0 fully saturated rings. The van der Waals surface area contributed by atoms with Gasteiger partial charge in [-0.25, -0.2) is 4.98 Å². The predicted octanol–water partition coefficient (Wildman–Crippen LogP) is 3.22. The number of carbonyl (C=O) groups excluding carboxylic acids is 1. The van der Waals surface area contributed by atoms with E-state index in [1.165, 1.54) is 5.56 Å². The number of nitrogens with one attached hydrogen (secondary N) is 1. The monoisotopic (exact) mass is 405 g/mol. The lowest BCUT2D eigenvalue weighted by Crippen LogP contribution is -2.25. The van der Waals surface area contributed by atoms with Crippen molar-refractivity contribution in [1.82, 2.24) is 14.7 Å². The third-order valence-electron chi connectivity index (χ3n) is 3.42. The number of pyridine rings is 1. The summed E-state index contributed by atoms with van der Waals surface area (Å²) in [4.78, 5) is 16.6. The number of carbonyl (C=O) groups is 1. The fourth-order valence-corrected chi connectivity index (χ4v) is 2.64. The number of hydrogen-bond donors (Lipinski definition) is 1. The Morgan fingerprint density at radius 3 is 2.73 bits per heavy atom. The van der Waals surface area contributed by atoms with E-state index in [0.717, 1.165) is 21.3 Å². The molecule has 0 saturated heterocycles. The molecule has 22 heavy (non-hydrogen) atoms. The minimum atomic E-state index is -0.0454. The zero-order valence-electron chi connectivity index (χ0n) is 12.2. The van der Waals surface area contributed by atoms with E-state index < -0.39 is 0 Å². The van der Waals surface area contributed by atoms with Crippen molar-refractivity contribution in [2.75, 3.05) is 6.54 Å². The van der Waals surface area contributed by atoms with Crippen LogP contribution in [0.4, 0.5) is 0 Å². The third kappa shape index (κ3) is 3.47. The Morgan fingerprint density at radius 1 is 1.18 bits per heavy atom. The first-order chi connectivity index (χ1) is 10.6. The molecule has 0 unspecified atom stereocenters. The van der Waals surface area contributed by atoms with Crippen LogP contribution in [0.3, 0.4) is 0 Å². The summed E-state index contributed by atoms with van der Waals surface area (Å²) in [6, 6.07) is 11.6. The van der Waals surface area contributed by atoms with Crippen molar-refractivity contribution in [2.45, 2.75) is 13.3 Å². The predicted molar refractivity (Wildman–Crippen MR) is 95.1 cm³/mol. The van der Waals surface area contributed by atoms with Crippen LogP contribution in [0.5, 0.6) is 0 Å². The molecule has 3 rings (SSSR count). The van der Waals surface area contributed by atoms with Crippen molar-refractivity contribution < 1.29 is 4.79 Å². The number of hydrogen-bond acceptors (Lipinski definition) is 2. The van der Waals surface area contributed by atoms with Gasteiger partial charge in [0, 0.05) is 34.5 Å². The van der Waals surface area contributed by atoms with Gasteiger partial charge in [0.25, 0.3) is 5.91 Å². The Morgan fingerprint density at radius 2 is 1.95 bits per heavy atom. The maximum atomic E-state index is 12.0. The number of halogens is 1. The van der Waals surface area contributed by atoms with Crippen LogP contribution in [0, 0.1) is 10.5 Å². The molecule has 4 nitrogen and oxygen atoms in total. The normalized spacial score (nSPS) is 10.8. The van der Waals surface area contributed by atoms with Gasteiger partial charge in [0.1, 0.15) is 5.65 Å². The van der Waals surface area contributed by atoms with Crippen LogP contribution in [-0.2, 0) is 6.42 Å². The van der Waals surface area contributed by atoms with Crippen LogP contribution in [0.25, 0.3) is 5.65 Å². The first-order valence-electron chi connectivity index (χ1n) is 7.10. The molecule has 0 aliphatic carbocycles. The first kappa shape index (κ1) is 15.0. The zero-order chi connectivity index (χ0) is 15.5. The maximum Gasteiger partial charge on any atom is 0.251 e. The van der Waals surface area contributed by atoms with Gasteiger partial charge in [-0.05, 0) is 65.4 Å². The molecule has 2 aromatic heterocycles. The molecule has 0 aliphatic rings. The van der Waals surface area contributed by atoms with Gasteiger partial charge in [0.05, 0.1) is 5.69 Å². The summed E-state index contributed by atoms with van der Waals surface area (Å²) in [7, 11) is 0. The largest absolute Gasteiger partial charge is 0.352 e. The Kier molecular flexibility index (Phi) is 4.42. The zero-order valence-corrected chi connectivity index (χ0v) is 14.4. The number of aryl methyl sites for hydroxylation is 1. The Bertz CT molecular complexity index is 808. The molecule has 5 heteroatoms. The molecule has 0 atom stereocenters. The van der Waals surface area contributed by atoms with E-state index in [1.54, 1.807) is 0 Å². The molecule has 0 saturated carbocycles. The van der Waals surface area contributed by atoms with Gasteiger partial charge in [0.2, 0.25) is 0 Å². The number of benzene rings is 1. The number of fused-ring (bicyclic) bond motifs is 1. The average Bonchev–Trinajstić information content (AvgIpc) is 2.89. The molecule has 2 heterocycles. The Hall–Kier alpha value is -1.89. The number of nitrogens with zero attached hydrogens (tertiary/aromatic N) is 2. The second-order valence-corrected chi connectivity index (χ2v) is 6.46. The number of amides is 1. The summed E-state index contributed by atoms with van der Waals surface area (Å²) in [6.45, 7) is 2.63. The lowest BCUT2D eigenvalue weighted by atomic mass is 10.2. The van der Waals surface area contributed by atoms with Crippen LogP contribution in [0.15, 0.2) is 48.8 Å². The quantitative estimate of drug-likeness (QED) is 0.678. The van der Waals surface area contributed by atoms with Crippen molar-refractivity contribution >= 4 is 34.1 Å². The van der Waals surface area contributed by atoms with Gasteiger partial charge >= 0.3 is 0 Å². The third-order valence-corrected chi connectivity index (χ3v) is 4.14. The fraction of sp³-hybridized carbons (Fsp3) is 0.176. The fourth-order valence-electron chi connectivity index (χ4n) is 2.28. The van der Waals surface area contributed by atoms with Gasteiger partial charge in [-0.2, -0.15) is 0 Å². The SMILES string of the molecule is Cc1ccc2nc(CCNC(=O)c3ccc(I)cc3)cn2c1. The lowest BCUT2D eigenvalue weighted by molar-refractivity contribution is 0.0954. The van der Waals surface area contributed by atoms with E-state index in [0.29, 0.717) is 12.1 Å². The molecule has 0 radical (unpaired) electrons. The highest BCUT2D eigenvalue weighted by molar-refractivity contribution is 14.1. The van der Waals surface area contributed by atoms with Gasteiger partial charge in [-0.1, -0.05) is 6.07 Å². The van der Waals surface area contributed by atoms with Gasteiger partial charge in [-0.15, -0.1) is 0 Å². The molecule has 1 N–H and O–H groups in total. The smallest absolute Gasteiger partial charge is 0.251 e. The standard InChI is InChI=1S/C17H16IN3O/c1-12-2-7-16-20-15(11-21(16)10-12)8-9-19-17(22)13-3-5-14(18)6-4-13/h2-7,10-11H,8-9H2,1H3,(H,19,22). The Labute approximate surface area is 142 Å². The van der Waals surface area contributed by atoms with Gasteiger partial charge in [-0.3, -0.25) is 4.79 Å². The van der Waals surface area contributed by atoms with Crippen LogP contribution in [0.1, 0.15) is 21.6 Å². The first-order valence-corrected chi connectivity index (χ1v) is 8.18. The molecule has 0 spiro atoms. The number of aromatic nitrogens is 2. The second kappa shape index (κ2) is 6.48. The topological polar surface area (TPSA) is 46.4 Å². The molecule has 0 aliphatic heterocycles. The summed E-state index contributed by atoms with van der Waals surface area (Å²) in [6.07, 6.45) is 4.78. The number of rotatable bonds is 4. The molecule has 1 aromatic carbocycles. The van der Waals surface area contributed by atoms with Crippen molar-refractivity contribution in [3.05, 3.63) is 69.2 Å². The highest BCUT2D eigenvalue weighted by atomic mass is 127. The molecular formula is C17H16IN3O. The van der Waals surface area contributed by atoms with E-state index in [9.17, 15) is 4.79 Å². The van der Waals surface area contributed by atoms with Gasteiger partial charge in [0.15, 0.2) is 0 Å². The summed E-state index contributed by atoms with van der Waals surface area (Å²) in [5.74, 6) is -0.0454. The average molecular weight is 405 g/mol. The molecule has 1 amide bonds. The minimum absolute atomic E-state index is 0.0454. The van der Waals surface area contributed by atoms with Gasteiger partial charge < -0.3 is 9.72 Å². The number of imidazole rings is 1. The summed E-state index contributed by atoms with van der Waals surface area (Å²) in [5.41, 5.74) is 3.80. The van der Waals surface area contributed by atoms with E-state index in [4.69, 9.17) is 0 Å². The highest BCUT2D eigenvalue weighted by Gasteiger charge is 2.06. The summed E-state index contributed by atoms with van der Waals surface area (Å²) < 4.78 is 3.14. The van der Waals surface area contributed by atoms with Crippen molar-refractivity contribution in [3.8, 4) is 0 Å². The van der Waals surface area contributed by atoms with Crippen LogP contribution in [-0.4, -0.2) is 21.8 Å². The highest BCUT2D eigenvalue weighted by Crippen LogP contribution is 2.08. The molecule has 0 bridgehead atoms. The lowest BCUT2D eigenvalue weighted by Gasteiger charge is -2.04. The van der Waals surface area contributed by atoms with Crippen molar-refractivity contribution in [3.63, 3.8) is 0 Å². The van der Waals surface area contributed by atoms with Crippen molar-refractivity contribution in [1.29, 1.82) is 0 Å². The van der Waals surface area contributed by atoms with Crippen LogP contribution < -0.4 is 5.32 Å². The maximum absolute atomic E-state index is 12.0. The van der Waals surface area contributed by atoms with Crippen LogP contribution >= 0.6 is 22.6 Å². The van der Waals surface area contributed by atoms with Crippen LogP contribution in [0.2, 0.25) is 0 Å². The second-order valence-electron chi connectivity index (χ2n) is 5.22. The minimum Gasteiger partial charge on any atom is -0.352 e. The van der Waals surface area contributed by atoms with Crippen molar-refractivity contribution in [2.24, 2.45) is 0 Å². The summed E-state index contributed by atoms with van der Waals surface area (Å²) in [5, 5.41) is 2.93. The molecule has 112 valence electrons.